The zero-order valence-corrected chi connectivity index (χ0v) is 19.0. The Labute approximate surface area is 191 Å². The SMILES string of the molecule is COc1cc(Cl)c(C)cc1NC(=O)Cn1nc2c3sc(N4CCCC4)nc3ncn2c1=O. The summed E-state index contributed by atoms with van der Waals surface area (Å²) in [4.78, 5) is 36.6. The van der Waals surface area contributed by atoms with E-state index < -0.39 is 11.6 Å². The van der Waals surface area contributed by atoms with Crippen LogP contribution in [0, 0.1) is 6.92 Å². The zero-order valence-electron chi connectivity index (χ0n) is 17.5. The molecule has 0 aliphatic carbocycles. The normalized spacial score (nSPS) is 13.9. The van der Waals surface area contributed by atoms with Crippen molar-refractivity contribution in [1.82, 2.24) is 24.1 Å². The molecule has 1 aromatic carbocycles. The molecule has 1 amide bonds. The van der Waals surface area contributed by atoms with Crippen LogP contribution in [0.3, 0.4) is 0 Å². The number of fused-ring (bicyclic) bond motifs is 3. The summed E-state index contributed by atoms with van der Waals surface area (Å²) in [6.45, 7) is 3.49. The fourth-order valence-corrected chi connectivity index (χ4v) is 4.93. The number of hydrogen-bond acceptors (Lipinski definition) is 8. The van der Waals surface area contributed by atoms with Crippen molar-refractivity contribution in [3.8, 4) is 5.75 Å². The van der Waals surface area contributed by atoms with Gasteiger partial charge in [0.2, 0.25) is 5.91 Å². The number of hydrogen-bond donors (Lipinski definition) is 1. The molecule has 1 N–H and O–H groups in total. The lowest BCUT2D eigenvalue weighted by molar-refractivity contribution is -0.117. The summed E-state index contributed by atoms with van der Waals surface area (Å²) in [5.41, 5.74) is 1.81. The van der Waals surface area contributed by atoms with Crippen LogP contribution in [0.15, 0.2) is 23.3 Å². The minimum atomic E-state index is -0.445. The quantitative estimate of drug-likeness (QED) is 0.475. The molecule has 0 bridgehead atoms. The van der Waals surface area contributed by atoms with Gasteiger partial charge in [-0.1, -0.05) is 22.9 Å². The average Bonchev–Trinajstić information content (AvgIpc) is 3.50. The molecular weight excluding hydrogens is 454 g/mol. The van der Waals surface area contributed by atoms with Crippen molar-refractivity contribution in [2.24, 2.45) is 0 Å². The van der Waals surface area contributed by atoms with Crippen LogP contribution in [-0.4, -0.2) is 50.3 Å². The number of anilines is 2. The molecule has 166 valence electrons. The van der Waals surface area contributed by atoms with E-state index in [1.807, 2.05) is 6.92 Å². The number of aromatic nitrogens is 5. The molecule has 10 nitrogen and oxygen atoms in total. The number of methoxy groups -OCH3 is 1. The Morgan fingerprint density at radius 2 is 2.09 bits per heavy atom. The maximum absolute atomic E-state index is 12.8. The van der Waals surface area contributed by atoms with Crippen molar-refractivity contribution in [3.63, 3.8) is 0 Å². The van der Waals surface area contributed by atoms with Crippen molar-refractivity contribution in [2.75, 3.05) is 30.4 Å². The number of halogens is 1. The highest BCUT2D eigenvalue weighted by atomic mass is 35.5. The molecule has 32 heavy (non-hydrogen) atoms. The van der Waals surface area contributed by atoms with Gasteiger partial charge in [0.25, 0.3) is 0 Å². The van der Waals surface area contributed by atoms with Crippen LogP contribution in [-0.2, 0) is 11.3 Å². The molecule has 0 unspecified atom stereocenters. The van der Waals surface area contributed by atoms with E-state index in [-0.39, 0.29) is 6.54 Å². The number of aryl methyl sites for hydroxylation is 1. The molecule has 0 spiro atoms. The monoisotopic (exact) mass is 473 g/mol. The first-order valence-electron chi connectivity index (χ1n) is 10.1. The van der Waals surface area contributed by atoms with Crippen molar-refractivity contribution in [2.45, 2.75) is 26.3 Å². The van der Waals surface area contributed by atoms with E-state index in [1.54, 1.807) is 12.1 Å². The maximum atomic E-state index is 12.8. The molecule has 0 atom stereocenters. The predicted molar refractivity (Wildman–Crippen MR) is 123 cm³/mol. The number of carbonyl (C=O) groups is 1. The number of amides is 1. The maximum Gasteiger partial charge on any atom is 0.352 e. The van der Waals surface area contributed by atoms with E-state index in [0.717, 1.165) is 46.0 Å². The standard InChI is InChI=1S/C20H20ClN7O3S/c1-11-7-13(14(31-2)8-12(11)21)23-15(29)9-28-20(30)27-10-22-17-16(18(27)25-28)32-19(24-17)26-5-3-4-6-26/h7-8,10H,3-6,9H2,1-2H3,(H,23,29). The van der Waals surface area contributed by atoms with Crippen LogP contribution >= 0.6 is 22.9 Å². The molecule has 0 radical (unpaired) electrons. The number of ether oxygens (including phenoxy) is 1. The summed E-state index contributed by atoms with van der Waals surface area (Å²) in [5, 5.41) is 8.58. The molecule has 0 saturated carbocycles. The van der Waals surface area contributed by atoms with E-state index >= 15 is 0 Å². The molecular formula is C20H20ClN7O3S. The summed E-state index contributed by atoms with van der Waals surface area (Å²) < 4.78 is 8.48. The van der Waals surface area contributed by atoms with Crippen LogP contribution in [0.1, 0.15) is 18.4 Å². The van der Waals surface area contributed by atoms with Crippen LogP contribution in [0.25, 0.3) is 16.0 Å². The average molecular weight is 474 g/mol. The zero-order chi connectivity index (χ0) is 22.4. The summed E-state index contributed by atoms with van der Waals surface area (Å²) >= 11 is 7.59. The van der Waals surface area contributed by atoms with Gasteiger partial charge < -0.3 is 15.0 Å². The highest BCUT2D eigenvalue weighted by molar-refractivity contribution is 7.22. The molecule has 5 rings (SSSR count). The van der Waals surface area contributed by atoms with Gasteiger partial charge in [0, 0.05) is 24.2 Å². The summed E-state index contributed by atoms with van der Waals surface area (Å²) in [6.07, 6.45) is 3.68. The van der Waals surface area contributed by atoms with Gasteiger partial charge in [0.05, 0.1) is 12.8 Å². The van der Waals surface area contributed by atoms with E-state index in [9.17, 15) is 9.59 Å². The summed E-state index contributed by atoms with van der Waals surface area (Å²) in [7, 11) is 1.49. The molecule has 1 aliphatic rings. The van der Waals surface area contributed by atoms with Crippen LogP contribution in [0.5, 0.6) is 5.75 Å². The molecule has 1 fully saturated rings. The molecule has 3 aromatic heterocycles. The Bertz CT molecular complexity index is 1400. The minimum absolute atomic E-state index is 0.259. The smallest absolute Gasteiger partial charge is 0.352 e. The van der Waals surface area contributed by atoms with Crippen LogP contribution in [0.2, 0.25) is 5.02 Å². The van der Waals surface area contributed by atoms with Gasteiger partial charge in [-0.05, 0) is 31.4 Å². The Kier molecular flexibility index (Phi) is 5.22. The Balaban J connectivity index is 1.45. The lowest BCUT2D eigenvalue weighted by atomic mass is 10.2. The van der Waals surface area contributed by atoms with Crippen LogP contribution < -0.4 is 20.6 Å². The third-order valence-electron chi connectivity index (χ3n) is 5.39. The second-order valence-corrected chi connectivity index (χ2v) is 8.96. The van der Waals surface area contributed by atoms with E-state index in [0.29, 0.717) is 27.8 Å². The summed E-state index contributed by atoms with van der Waals surface area (Å²) in [6, 6.07) is 3.35. The fourth-order valence-electron chi connectivity index (χ4n) is 3.73. The molecule has 1 saturated heterocycles. The number of thiazole rings is 1. The van der Waals surface area contributed by atoms with E-state index in [4.69, 9.17) is 16.3 Å². The third kappa shape index (κ3) is 3.56. The van der Waals surface area contributed by atoms with Crippen molar-refractivity contribution in [3.05, 3.63) is 39.5 Å². The Morgan fingerprint density at radius 1 is 1.31 bits per heavy atom. The van der Waals surface area contributed by atoms with Gasteiger partial charge in [-0.25, -0.2) is 18.9 Å². The minimum Gasteiger partial charge on any atom is -0.495 e. The number of rotatable bonds is 5. The molecule has 4 aromatic rings. The first kappa shape index (κ1) is 20.7. The van der Waals surface area contributed by atoms with Gasteiger partial charge in [-0.15, -0.1) is 5.10 Å². The summed E-state index contributed by atoms with van der Waals surface area (Å²) in [5.74, 6) is 0.0168. The number of nitrogens with one attached hydrogen (secondary N) is 1. The largest absolute Gasteiger partial charge is 0.495 e. The van der Waals surface area contributed by atoms with Crippen molar-refractivity contribution in [1.29, 1.82) is 0 Å². The Hall–Kier alpha value is -3.18. The molecule has 1 aliphatic heterocycles. The number of benzene rings is 1. The topological polar surface area (TPSA) is 107 Å². The lowest BCUT2D eigenvalue weighted by Gasteiger charge is -2.12. The van der Waals surface area contributed by atoms with Gasteiger partial charge >= 0.3 is 5.69 Å². The van der Waals surface area contributed by atoms with E-state index in [1.165, 1.54) is 29.2 Å². The predicted octanol–water partition coefficient (Wildman–Crippen LogP) is 2.71. The molecule has 12 heteroatoms. The van der Waals surface area contributed by atoms with Crippen LogP contribution in [0.4, 0.5) is 10.8 Å². The second-order valence-electron chi connectivity index (χ2n) is 7.57. The Morgan fingerprint density at radius 3 is 2.84 bits per heavy atom. The first-order valence-corrected chi connectivity index (χ1v) is 11.3. The van der Waals surface area contributed by atoms with Crippen molar-refractivity contribution >= 4 is 55.7 Å². The lowest BCUT2D eigenvalue weighted by Crippen LogP contribution is -2.28. The highest BCUT2D eigenvalue weighted by Crippen LogP contribution is 2.32. The molecule has 4 heterocycles. The number of carbonyl (C=O) groups excluding carboxylic acids is 1. The van der Waals surface area contributed by atoms with E-state index in [2.05, 4.69) is 25.3 Å². The second kappa shape index (κ2) is 8.06. The van der Waals surface area contributed by atoms with Gasteiger partial charge in [-0.2, -0.15) is 4.98 Å². The highest BCUT2D eigenvalue weighted by Gasteiger charge is 2.21. The van der Waals surface area contributed by atoms with Gasteiger partial charge in [-0.3, -0.25) is 4.79 Å². The fraction of sp³-hybridized carbons (Fsp3) is 0.350. The first-order chi connectivity index (χ1) is 15.4. The van der Waals surface area contributed by atoms with Gasteiger partial charge in [0.1, 0.15) is 23.3 Å². The number of nitrogens with zero attached hydrogens (tertiary/aromatic N) is 6. The third-order valence-corrected chi connectivity index (χ3v) is 6.90. The van der Waals surface area contributed by atoms with Gasteiger partial charge in [0.15, 0.2) is 16.4 Å². The van der Waals surface area contributed by atoms with Crippen molar-refractivity contribution < 1.29 is 9.53 Å².